The largest absolute Gasteiger partial charge is 0.448 e. The summed E-state index contributed by atoms with van der Waals surface area (Å²) >= 11 is 0. The lowest BCUT2D eigenvalue weighted by molar-refractivity contribution is 0.146. The fraction of sp³-hybridized carbons (Fsp3) is 0.316. The molecule has 0 saturated heterocycles. The first-order valence-corrected chi connectivity index (χ1v) is 7.86. The summed E-state index contributed by atoms with van der Waals surface area (Å²) in [7, 11) is 2.03. The van der Waals surface area contributed by atoms with Crippen LogP contribution in [0.25, 0.3) is 0 Å². The van der Waals surface area contributed by atoms with Crippen LogP contribution in [0.5, 0.6) is 0 Å². The van der Waals surface area contributed by atoms with Crippen molar-refractivity contribution in [1.82, 2.24) is 4.90 Å². The van der Waals surface area contributed by atoms with Crippen LogP contribution in [0, 0.1) is 6.92 Å². The second-order valence-electron chi connectivity index (χ2n) is 5.67. The number of rotatable bonds is 7. The topological polar surface area (TPSA) is 41.6 Å². The lowest BCUT2D eigenvalue weighted by atomic mass is 10.1. The lowest BCUT2D eigenvalue weighted by Crippen LogP contribution is -2.27. The van der Waals surface area contributed by atoms with Crippen molar-refractivity contribution in [3.8, 4) is 0 Å². The molecule has 2 aromatic rings. The summed E-state index contributed by atoms with van der Waals surface area (Å²) in [6.07, 6.45) is 0.581. The Balaban J connectivity index is 1.62. The van der Waals surface area contributed by atoms with E-state index in [1.54, 1.807) is 0 Å². The van der Waals surface area contributed by atoms with Gasteiger partial charge in [0.1, 0.15) is 6.61 Å². The molecular formula is C19H24N2O2. The van der Waals surface area contributed by atoms with Crippen molar-refractivity contribution < 1.29 is 9.53 Å². The number of nitrogens with zero attached hydrogens (tertiary/aromatic N) is 1. The number of likely N-dealkylation sites (N-methyl/N-ethyl adjacent to an activating group) is 1. The lowest BCUT2D eigenvalue weighted by Gasteiger charge is -2.16. The summed E-state index contributed by atoms with van der Waals surface area (Å²) in [5, 5.41) is 2.72. The Morgan fingerprint density at radius 2 is 1.74 bits per heavy atom. The van der Waals surface area contributed by atoms with E-state index in [2.05, 4.69) is 22.3 Å². The van der Waals surface area contributed by atoms with Crippen LogP contribution in [-0.2, 0) is 11.2 Å². The smallest absolute Gasteiger partial charge is 0.411 e. The number of anilines is 1. The van der Waals surface area contributed by atoms with Gasteiger partial charge in [0.2, 0.25) is 0 Å². The Hall–Kier alpha value is -2.33. The van der Waals surface area contributed by atoms with Crippen LogP contribution in [0.3, 0.4) is 0 Å². The molecule has 4 nitrogen and oxygen atoms in total. The number of benzene rings is 2. The number of hydrogen-bond acceptors (Lipinski definition) is 3. The first-order chi connectivity index (χ1) is 11.1. The average Bonchev–Trinajstić information content (AvgIpc) is 2.56. The Labute approximate surface area is 138 Å². The van der Waals surface area contributed by atoms with Gasteiger partial charge in [-0.05, 0) is 38.1 Å². The minimum atomic E-state index is -0.412. The number of nitrogens with one attached hydrogen (secondary N) is 1. The van der Waals surface area contributed by atoms with Crippen LogP contribution in [0.4, 0.5) is 10.5 Å². The van der Waals surface area contributed by atoms with E-state index < -0.39 is 6.09 Å². The van der Waals surface area contributed by atoms with Crippen LogP contribution in [0.15, 0.2) is 54.6 Å². The second-order valence-corrected chi connectivity index (χ2v) is 5.67. The standard InChI is InChI=1S/C19H24N2O2/c1-16-8-10-18(11-9-16)20-19(22)23-15-14-21(2)13-12-17-6-4-3-5-7-17/h3-11H,12-15H2,1-2H3,(H,20,22). The molecule has 0 spiro atoms. The second kappa shape index (κ2) is 8.96. The monoisotopic (exact) mass is 312 g/mol. The number of carbonyl (C=O) groups excluding carboxylic acids is 1. The maximum absolute atomic E-state index is 11.7. The first kappa shape index (κ1) is 17.0. The van der Waals surface area contributed by atoms with E-state index in [0.29, 0.717) is 13.2 Å². The van der Waals surface area contributed by atoms with Gasteiger partial charge in [-0.25, -0.2) is 4.79 Å². The Morgan fingerprint density at radius 1 is 1.04 bits per heavy atom. The number of ether oxygens (including phenoxy) is 1. The van der Waals surface area contributed by atoms with E-state index in [4.69, 9.17) is 4.74 Å². The normalized spacial score (nSPS) is 10.6. The zero-order chi connectivity index (χ0) is 16.5. The predicted octanol–water partition coefficient (Wildman–Crippen LogP) is 3.72. The van der Waals surface area contributed by atoms with Crippen LogP contribution >= 0.6 is 0 Å². The van der Waals surface area contributed by atoms with E-state index in [1.807, 2.05) is 56.4 Å². The van der Waals surface area contributed by atoms with Gasteiger partial charge in [0, 0.05) is 18.8 Å². The van der Waals surface area contributed by atoms with E-state index in [-0.39, 0.29) is 0 Å². The highest BCUT2D eigenvalue weighted by molar-refractivity contribution is 5.84. The van der Waals surface area contributed by atoms with Crippen molar-refractivity contribution in [3.63, 3.8) is 0 Å². The summed E-state index contributed by atoms with van der Waals surface area (Å²) in [5.74, 6) is 0. The minimum Gasteiger partial charge on any atom is -0.448 e. The van der Waals surface area contributed by atoms with Gasteiger partial charge in [-0.2, -0.15) is 0 Å². The summed E-state index contributed by atoms with van der Waals surface area (Å²) in [4.78, 5) is 13.9. The Morgan fingerprint density at radius 3 is 2.43 bits per heavy atom. The van der Waals surface area contributed by atoms with Crippen LogP contribution < -0.4 is 5.32 Å². The fourth-order valence-corrected chi connectivity index (χ4v) is 2.16. The minimum absolute atomic E-state index is 0.378. The molecule has 0 aliphatic heterocycles. The van der Waals surface area contributed by atoms with Crippen molar-refractivity contribution in [2.24, 2.45) is 0 Å². The molecule has 122 valence electrons. The SMILES string of the molecule is Cc1ccc(NC(=O)OCCN(C)CCc2ccccc2)cc1. The zero-order valence-electron chi connectivity index (χ0n) is 13.8. The number of carbonyl (C=O) groups is 1. The third-order valence-corrected chi connectivity index (χ3v) is 3.63. The number of amides is 1. The quantitative estimate of drug-likeness (QED) is 0.847. The molecule has 0 bridgehead atoms. The van der Waals surface area contributed by atoms with Gasteiger partial charge in [-0.15, -0.1) is 0 Å². The molecule has 2 rings (SSSR count). The van der Waals surface area contributed by atoms with Crippen molar-refractivity contribution in [1.29, 1.82) is 0 Å². The van der Waals surface area contributed by atoms with Gasteiger partial charge >= 0.3 is 6.09 Å². The van der Waals surface area contributed by atoms with Crippen molar-refractivity contribution in [2.75, 3.05) is 32.1 Å². The van der Waals surface area contributed by atoms with Crippen LogP contribution in [0.1, 0.15) is 11.1 Å². The molecule has 0 unspecified atom stereocenters. The fourth-order valence-electron chi connectivity index (χ4n) is 2.16. The van der Waals surface area contributed by atoms with E-state index in [1.165, 1.54) is 5.56 Å². The predicted molar refractivity (Wildman–Crippen MR) is 93.8 cm³/mol. The van der Waals surface area contributed by atoms with Gasteiger partial charge in [-0.3, -0.25) is 5.32 Å². The average molecular weight is 312 g/mol. The molecule has 2 aromatic carbocycles. The number of hydrogen-bond donors (Lipinski definition) is 1. The maximum atomic E-state index is 11.7. The highest BCUT2D eigenvalue weighted by atomic mass is 16.5. The van der Waals surface area contributed by atoms with E-state index in [0.717, 1.165) is 24.2 Å². The molecule has 0 atom stereocenters. The van der Waals surface area contributed by atoms with Gasteiger partial charge in [0.25, 0.3) is 0 Å². The highest BCUT2D eigenvalue weighted by Crippen LogP contribution is 2.08. The molecule has 0 fully saturated rings. The molecule has 0 aliphatic carbocycles. The third kappa shape index (κ3) is 6.53. The molecule has 1 amide bonds. The molecule has 0 radical (unpaired) electrons. The molecular weight excluding hydrogens is 288 g/mol. The maximum Gasteiger partial charge on any atom is 0.411 e. The highest BCUT2D eigenvalue weighted by Gasteiger charge is 2.04. The van der Waals surface area contributed by atoms with Gasteiger partial charge in [0.15, 0.2) is 0 Å². The molecule has 4 heteroatoms. The van der Waals surface area contributed by atoms with Crippen molar-refractivity contribution in [2.45, 2.75) is 13.3 Å². The zero-order valence-corrected chi connectivity index (χ0v) is 13.8. The summed E-state index contributed by atoms with van der Waals surface area (Å²) < 4.78 is 5.21. The molecule has 0 aromatic heterocycles. The van der Waals surface area contributed by atoms with Crippen LogP contribution in [-0.4, -0.2) is 37.7 Å². The molecule has 0 saturated carbocycles. The van der Waals surface area contributed by atoms with Crippen LogP contribution in [0.2, 0.25) is 0 Å². The molecule has 0 heterocycles. The Kier molecular flexibility index (Phi) is 6.63. The molecule has 23 heavy (non-hydrogen) atoms. The number of aryl methyl sites for hydroxylation is 1. The molecule has 1 N–H and O–H groups in total. The summed E-state index contributed by atoms with van der Waals surface area (Å²) in [6.45, 7) is 4.04. The summed E-state index contributed by atoms with van der Waals surface area (Å²) in [6, 6.07) is 18.0. The van der Waals surface area contributed by atoms with E-state index >= 15 is 0 Å². The van der Waals surface area contributed by atoms with Gasteiger partial charge in [0.05, 0.1) is 0 Å². The first-order valence-electron chi connectivity index (χ1n) is 7.86. The van der Waals surface area contributed by atoms with E-state index in [9.17, 15) is 4.79 Å². The Bertz CT molecular complexity index is 597. The third-order valence-electron chi connectivity index (χ3n) is 3.63. The molecule has 0 aliphatic rings. The summed E-state index contributed by atoms with van der Waals surface area (Å²) in [5.41, 5.74) is 3.22. The van der Waals surface area contributed by atoms with Gasteiger partial charge in [-0.1, -0.05) is 48.0 Å². The van der Waals surface area contributed by atoms with Crippen molar-refractivity contribution in [3.05, 3.63) is 65.7 Å². The van der Waals surface area contributed by atoms with Gasteiger partial charge < -0.3 is 9.64 Å². The van der Waals surface area contributed by atoms with Crippen molar-refractivity contribution >= 4 is 11.8 Å².